The Morgan fingerprint density at radius 3 is 2.85 bits per heavy atom. The normalized spacial score (nSPS) is 19.3. The van der Waals surface area contributed by atoms with Gasteiger partial charge in [-0.15, -0.1) is 0 Å². The van der Waals surface area contributed by atoms with E-state index in [9.17, 15) is 0 Å². The molecule has 6 heteroatoms. The fourth-order valence-electron chi connectivity index (χ4n) is 3.55. The lowest BCUT2D eigenvalue weighted by Gasteiger charge is -2.34. The van der Waals surface area contributed by atoms with Crippen molar-refractivity contribution in [2.75, 3.05) is 26.7 Å². The number of nitrogens with one attached hydrogen (secondary N) is 2. The van der Waals surface area contributed by atoms with E-state index in [1.807, 2.05) is 7.05 Å². The molecule has 1 saturated heterocycles. The molecule has 0 radical (unpaired) electrons. The molecule has 0 spiro atoms. The Kier molecular flexibility index (Phi) is 5.11. The Morgan fingerprint density at radius 1 is 1.31 bits per heavy atom. The second kappa shape index (κ2) is 7.66. The van der Waals surface area contributed by atoms with Gasteiger partial charge in [0, 0.05) is 26.7 Å². The number of aryl methyl sites for hydroxylation is 1. The first-order valence-electron chi connectivity index (χ1n) is 9.73. The summed E-state index contributed by atoms with van der Waals surface area (Å²) in [4.78, 5) is 14.8. The number of benzene rings is 1. The highest BCUT2D eigenvalue weighted by molar-refractivity contribution is 5.80. The number of hydrogen-bond acceptors (Lipinski definition) is 3. The number of aromatic amines is 1. The van der Waals surface area contributed by atoms with Crippen LogP contribution in [0.15, 0.2) is 23.2 Å². The third-order valence-electron chi connectivity index (χ3n) is 5.32. The smallest absolute Gasteiger partial charge is 0.194 e. The third-order valence-corrected chi connectivity index (χ3v) is 5.32. The van der Waals surface area contributed by atoms with E-state index in [0.29, 0.717) is 12.6 Å². The third kappa shape index (κ3) is 4.18. The van der Waals surface area contributed by atoms with Gasteiger partial charge in [-0.2, -0.15) is 0 Å². The fraction of sp³-hybridized carbons (Fsp3) is 0.600. The minimum Gasteiger partial charge on any atom is -0.378 e. The van der Waals surface area contributed by atoms with E-state index in [-0.39, 0.29) is 0 Å². The minimum absolute atomic E-state index is 0.420. The number of ether oxygens (including phenoxy) is 1. The topological polar surface area (TPSA) is 65.5 Å². The van der Waals surface area contributed by atoms with E-state index in [4.69, 9.17) is 4.74 Å². The number of nitrogens with zero attached hydrogens (tertiary/aromatic N) is 3. The lowest BCUT2D eigenvalue weighted by atomic mass is 10.1. The molecular weight excluding hydrogens is 326 g/mol. The molecule has 0 atom stereocenters. The first kappa shape index (κ1) is 17.3. The predicted octanol–water partition coefficient (Wildman–Crippen LogP) is 2.84. The second-order valence-corrected chi connectivity index (χ2v) is 7.57. The van der Waals surface area contributed by atoms with Crippen molar-refractivity contribution in [3.63, 3.8) is 0 Å². The van der Waals surface area contributed by atoms with Crippen molar-refractivity contribution in [1.29, 1.82) is 0 Å². The molecular formula is C20H29N5O. The summed E-state index contributed by atoms with van der Waals surface area (Å²) in [6.45, 7) is 5.70. The zero-order chi connectivity index (χ0) is 17.9. The van der Waals surface area contributed by atoms with Crippen molar-refractivity contribution >= 4 is 17.0 Å². The molecule has 1 aliphatic heterocycles. The monoisotopic (exact) mass is 355 g/mol. The Bertz CT molecular complexity index is 772. The molecule has 4 rings (SSSR count). The van der Waals surface area contributed by atoms with Gasteiger partial charge in [0.05, 0.1) is 23.7 Å². The molecule has 0 amide bonds. The van der Waals surface area contributed by atoms with E-state index >= 15 is 0 Å². The number of hydrogen-bond donors (Lipinski definition) is 2. The molecule has 0 bridgehead atoms. The molecule has 2 fully saturated rings. The van der Waals surface area contributed by atoms with Gasteiger partial charge in [-0.25, -0.2) is 4.98 Å². The Labute approximate surface area is 155 Å². The molecule has 140 valence electrons. The number of guanidine groups is 1. The van der Waals surface area contributed by atoms with Crippen molar-refractivity contribution in [1.82, 2.24) is 20.2 Å². The van der Waals surface area contributed by atoms with E-state index in [2.05, 4.69) is 50.3 Å². The van der Waals surface area contributed by atoms with Gasteiger partial charge in [0.25, 0.3) is 0 Å². The summed E-state index contributed by atoms with van der Waals surface area (Å²) < 4.78 is 6.04. The van der Waals surface area contributed by atoms with E-state index in [1.54, 1.807) is 0 Å². The molecule has 0 unspecified atom stereocenters. The summed E-state index contributed by atoms with van der Waals surface area (Å²) in [7, 11) is 1.85. The van der Waals surface area contributed by atoms with Crippen LogP contribution in [0.4, 0.5) is 0 Å². The Morgan fingerprint density at radius 2 is 2.12 bits per heavy atom. The van der Waals surface area contributed by atoms with Crippen LogP contribution in [0, 0.1) is 12.8 Å². The molecule has 6 nitrogen and oxygen atoms in total. The second-order valence-electron chi connectivity index (χ2n) is 7.57. The SMILES string of the molecule is CN=C(NCc1nc2ccc(C)cc2[nH]1)N1CCC(OCC2CC2)CC1. The van der Waals surface area contributed by atoms with Gasteiger partial charge in [0.2, 0.25) is 0 Å². The first-order valence-corrected chi connectivity index (χ1v) is 9.73. The van der Waals surface area contributed by atoms with Gasteiger partial charge in [0.1, 0.15) is 5.82 Å². The maximum atomic E-state index is 6.04. The molecule has 1 aromatic heterocycles. The van der Waals surface area contributed by atoms with Crippen molar-refractivity contribution in [3.05, 3.63) is 29.6 Å². The average molecular weight is 355 g/mol. The summed E-state index contributed by atoms with van der Waals surface area (Å²) in [5, 5.41) is 3.45. The predicted molar refractivity (Wildman–Crippen MR) is 104 cm³/mol. The quantitative estimate of drug-likeness (QED) is 0.639. The van der Waals surface area contributed by atoms with E-state index in [0.717, 1.165) is 61.3 Å². The zero-order valence-electron chi connectivity index (χ0n) is 15.8. The lowest BCUT2D eigenvalue weighted by Crippen LogP contribution is -2.46. The lowest BCUT2D eigenvalue weighted by molar-refractivity contribution is 0.0131. The van der Waals surface area contributed by atoms with Crippen LogP contribution in [0.1, 0.15) is 37.1 Å². The number of fused-ring (bicyclic) bond motifs is 1. The minimum atomic E-state index is 0.420. The van der Waals surface area contributed by atoms with Gasteiger partial charge in [-0.05, 0) is 56.2 Å². The van der Waals surface area contributed by atoms with E-state index < -0.39 is 0 Å². The van der Waals surface area contributed by atoms with Crippen molar-refractivity contribution in [2.24, 2.45) is 10.9 Å². The van der Waals surface area contributed by atoms with Gasteiger partial charge in [0.15, 0.2) is 5.96 Å². The maximum Gasteiger partial charge on any atom is 0.194 e. The number of rotatable bonds is 5. The average Bonchev–Trinajstić information content (AvgIpc) is 3.40. The van der Waals surface area contributed by atoms with Crippen molar-refractivity contribution in [2.45, 2.75) is 45.3 Å². The van der Waals surface area contributed by atoms with Crippen LogP contribution in [0.3, 0.4) is 0 Å². The summed E-state index contributed by atoms with van der Waals surface area (Å²) in [6, 6.07) is 6.29. The number of piperidine rings is 1. The molecule has 26 heavy (non-hydrogen) atoms. The number of H-pyrrole nitrogens is 1. The highest BCUT2D eigenvalue weighted by atomic mass is 16.5. The van der Waals surface area contributed by atoms with Gasteiger partial charge in [-0.3, -0.25) is 4.99 Å². The Hall–Kier alpha value is -2.08. The van der Waals surface area contributed by atoms with Crippen LogP contribution in [0.25, 0.3) is 11.0 Å². The molecule has 2 aliphatic rings. The molecule has 1 aromatic carbocycles. The standard InChI is InChI=1S/C20H29N5O/c1-14-3-6-17-18(11-14)24-19(23-17)12-22-20(21-2)25-9-7-16(8-10-25)26-13-15-4-5-15/h3,6,11,15-16H,4-5,7-10,12-13H2,1-2H3,(H,21,22)(H,23,24). The summed E-state index contributed by atoms with van der Waals surface area (Å²) in [5.74, 6) is 2.73. The maximum absolute atomic E-state index is 6.04. The summed E-state index contributed by atoms with van der Waals surface area (Å²) >= 11 is 0. The van der Waals surface area contributed by atoms with Crippen LogP contribution in [-0.4, -0.2) is 53.7 Å². The van der Waals surface area contributed by atoms with Gasteiger partial charge >= 0.3 is 0 Å². The van der Waals surface area contributed by atoms with Crippen LogP contribution < -0.4 is 5.32 Å². The molecule has 2 heterocycles. The number of aromatic nitrogens is 2. The largest absolute Gasteiger partial charge is 0.378 e. The fourth-order valence-corrected chi connectivity index (χ4v) is 3.55. The van der Waals surface area contributed by atoms with E-state index in [1.165, 1.54) is 18.4 Å². The van der Waals surface area contributed by atoms with Crippen LogP contribution >= 0.6 is 0 Å². The van der Waals surface area contributed by atoms with Crippen molar-refractivity contribution in [3.8, 4) is 0 Å². The number of imidazole rings is 1. The highest BCUT2D eigenvalue weighted by Gasteiger charge is 2.26. The van der Waals surface area contributed by atoms with Crippen molar-refractivity contribution < 1.29 is 4.74 Å². The van der Waals surface area contributed by atoms with Crippen LogP contribution in [0.5, 0.6) is 0 Å². The number of aliphatic imine (C=N–C) groups is 1. The molecule has 1 aliphatic carbocycles. The first-order chi connectivity index (χ1) is 12.7. The van der Waals surface area contributed by atoms with Crippen LogP contribution in [0.2, 0.25) is 0 Å². The molecule has 2 aromatic rings. The van der Waals surface area contributed by atoms with Crippen LogP contribution in [-0.2, 0) is 11.3 Å². The van der Waals surface area contributed by atoms with Gasteiger partial charge < -0.3 is 19.9 Å². The number of likely N-dealkylation sites (tertiary alicyclic amines) is 1. The highest BCUT2D eigenvalue weighted by Crippen LogP contribution is 2.30. The summed E-state index contributed by atoms with van der Waals surface area (Å²) in [5.41, 5.74) is 3.34. The Balaban J connectivity index is 1.28. The molecule has 1 saturated carbocycles. The molecule has 2 N–H and O–H groups in total. The van der Waals surface area contributed by atoms with Gasteiger partial charge in [-0.1, -0.05) is 6.07 Å². The zero-order valence-corrected chi connectivity index (χ0v) is 15.8. The summed E-state index contributed by atoms with van der Waals surface area (Å²) in [6.07, 6.45) is 5.30.